The highest BCUT2D eigenvalue weighted by Crippen LogP contribution is 2.31. The third kappa shape index (κ3) is 4.56. The van der Waals surface area contributed by atoms with Crippen LogP contribution in [0.1, 0.15) is 36.0 Å². The lowest BCUT2D eigenvalue weighted by molar-refractivity contribution is -0.119. The number of fused-ring (bicyclic) bond motifs is 1. The molecule has 3 aromatic rings. The van der Waals surface area contributed by atoms with E-state index in [4.69, 9.17) is 9.47 Å². The van der Waals surface area contributed by atoms with Gasteiger partial charge >= 0.3 is 0 Å². The molecule has 2 aliphatic rings. The van der Waals surface area contributed by atoms with Crippen LogP contribution in [0.4, 0.5) is 5.69 Å². The van der Waals surface area contributed by atoms with Crippen LogP contribution in [0.2, 0.25) is 0 Å². The quantitative estimate of drug-likeness (QED) is 0.571. The third-order valence-corrected chi connectivity index (χ3v) is 6.53. The molecular formula is C27H28N2O5. The van der Waals surface area contributed by atoms with Crippen LogP contribution >= 0.6 is 0 Å². The molecule has 2 unspecified atom stereocenters. The summed E-state index contributed by atoms with van der Waals surface area (Å²) in [6, 6.07) is 17.4. The molecule has 2 N–H and O–H groups in total. The van der Waals surface area contributed by atoms with Gasteiger partial charge < -0.3 is 24.8 Å². The van der Waals surface area contributed by atoms with Crippen molar-refractivity contribution in [1.82, 2.24) is 4.90 Å². The minimum Gasteiger partial charge on any atom is -0.506 e. The number of carbonyl (C=O) groups is 2. The molecule has 7 heteroatoms. The van der Waals surface area contributed by atoms with Gasteiger partial charge in [0.2, 0.25) is 5.91 Å². The van der Waals surface area contributed by atoms with Gasteiger partial charge in [-0.1, -0.05) is 30.3 Å². The predicted octanol–water partition coefficient (Wildman–Crippen LogP) is 4.35. The Morgan fingerprint density at radius 2 is 1.85 bits per heavy atom. The summed E-state index contributed by atoms with van der Waals surface area (Å²) < 4.78 is 11.3. The Morgan fingerprint density at radius 3 is 2.65 bits per heavy atom. The Balaban J connectivity index is 1.24. The first-order chi connectivity index (χ1) is 16.6. The van der Waals surface area contributed by atoms with Crippen molar-refractivity contribution in [2.45, 2.75) is 37.8 Å². The monoisotopic (exact) mass is 460 g/mol. The summed E-state index contributed by atoms with van der Waals surface area (Å²) in [4.78, 5) is 27.8. The molecule has 176 valence electrons. The van der Waals surface area contributed by atoms with Gasteiger partial charge in [0, 0.05) is 24.2 Å². The number of nitrogens with one attached hydrogen (secondary N) is 1. The maximum absolute atomic E-state index is 13.3. The molecule has 0 aromatic heterocycles. The van der Waals surface area contributed by atoms with Gasteiger partial charge in [0.15, 0.2) is 0 Å². The molecular weight excluding hydrogens is 432 g/mol. The van der Waals surface area contributed by atoms with Crippen LogP contribution in [-0.2, 0) is 9.53 Å². The van der Waals surface area contributed by atoms with E-state index in [9.17, 15) is 14.7 Å². The highest BCUT2D eigenvalue weighted by Gasteiger charge is 2.35. The van der Waals surface area contributed by atoms with Crippen LogP contribution in [0.3, 0.4) is 0 Å². The summed E-state index contributed by atoms with van der Waals surface area (Å²) in [5, 5.41) is 15.1. The maximum Gasteiger partial charge on any atom is 0.258 e. The molecule has 0 radical (unpaired) electrons. The lowest BCUT2D eigenvalue weighted by Gasteiger charge is -2.24. The molecule has 7 nitrogen and oxygen atoms in total. The zero-order chi connectivity index (χ0) is 23.5. The van der Waals surface area contributed by atoms with E-state index in [2.05, 4.69) is 5.32 Å². The number of nitrogens with zero attached hydrogens (tertiary/aromatic N) is 1. The maximum atomic E-state index is 13.3. The number of ether oxygens (including phenoxy) is 2. The van der Waals surface area contributed by atoms with Crippen molar-refractivity contribution in [3.63, 3.8) is 0 Å². The summed E-state index contributed by atoms with van der Waals surface area (Å²) in [5.41, 5.74) is 0.855. The van der Waals surface area contributed by atoms with Crippen molar-refractivity contribution >= 4 is 28.3 Å². The number of benzene rings is 3. The van der Waals surface area contributed by atoms with E-state index in [-0.39, 0.29) is 29.2 Å². The molecule has 2 fully saturated rings. The van der Waals surface area contributed by atoms with Gasteiger partial charge in [0.25, 0.3) is 5.91 Å². The Labute approximate surface area is 198 Å². The van der Waals surface area contributed by atoms with Crippen molar-refractivity contribution in [3.05, 3.63) is 66.2 Å². The van der Waals surface area contributed by atoms with Crippen molar-refractivity contribution in [3.8, 4) is 11.5 Å². The number of anilines is 1. The zero-order valence-corrected chi connectivity index (χ0v) is 18.9. The number of phenolic OH excluding ortho intramolecular Hbond substituents is 1. The van der Waals surface area contributed by atoms with Gasteiger partial charge in [-0.2, -0.15) is 0 Å². The van der Waals surface area contributed by atoms with Crippen LogP contribution in [-0.4, -0.2) is 53.7 Å². The molecule has 0 aliphatic carbocycles. The molecule has 2 saturated heterocycles. The van der Waals surface area contributed by atoms with Crippen molar-refractivity contribution in [2.75, 3.05) is 25.1 Å². The average molecular weight is 461 g/mol. The lowest BCUT2D eigenvalue weighted by Crippen LogP contribution is -2.43. The number of aromatic hydroxyl groups is 1. The highest BCUT2D eigenvalue weighted by atomic mass is 16.5. The predicted molar refractivity (Wildman–Crippen MR) is 129 cm³/mol. The number of hydrogen-bond acceptors (Lipinski definition) is 5. The fourth-order valence-corrected chi connectivity index (χ4v) is 4.69. The summed E-state index contributed by atoms with van der Waals surface area (Å²) >= 11 is 0. The van der Waals surface area contributed by atoms with Gasteiger partial charge in [0.05, 0.1) is 11.7 Å². The standard InChI is InChI=1S/C27H28N2O5/c30-25-22-7-2-1-5-18(22)9-14-23(25)27(32)29-15-3-8-24(29)26(31)28-19-10-12-20(13-11-19)34-17-21-6-4-16-33-21/h1-2,5,7,9-14,21,24,30H,3-4,6,8,15-17H2,(H,28,31). The SMILES string of the molecule is O=C(Nc1ccc(OCC2CCCO2)cc1)C1CCCN1C(=O)c1ccc2ccccc2c1O. The van der Waals surface area contributed by atoms with E-state index in [1.165, 1.54) is 0 Å². The topological polar surface area (TPSA) is 88.1 Å². The van der Waals surface area contributed by atoms with Crippen molar-refractivity contribution in [1.29, 1.82) is 0 Å². The minimum atomic E-state index is -0.589. The van der Waals surface area contributed by atoms with Crippen molar-refractivity contribution < 1.29 is 24.2 Å². The van der Waals surface area contributed by atoms with Crippen LogP contribution in [0.5, 0.6) is 11.5 Å². The van der Waals surface area contributed by atoms with Gasteiger partial charge in [-0.3, -0.25) is 9.59 Å². The number of likely N-dealkylation sites (tertiary alicyclic amines) is 1. The van der Waals surface area contributed by atoms with Crippen LogP contribution in [0.15, 0.2) is 60.7 Å². The molecule has 2 atom stereocenters. The van der Waals surface area contributed by atoms with Gasteiger partial charge in [-0.15, -0.1) is 0 Å². The summed E-state index contributed by atoms with van der Waals surface area (Å²) in [7, 11) is 0. The van der Waals surface area contributed by atoms with Crippen LogP contribution < -0.4 is 10.1 Å². The number of amides is 2. The molecule has 2 aliphatic heterocycles. The molecule has 0 saturated carbocycles. The molecule has 3 aromatic carbocycles. The second kappa shape index (κ2) is 9.73. The first-order valence-corrected chi connectivity index (χ1v) is 11.8. The van der Waals surface area contributed by atoms with E-state index in [1.54, 1.807) is 29.2 Å². The molecule has 0 bridgehead atoms. The third-order valence-electron chi connectivity index (χ3n) is 6.53. The number of hydrogen-bond donors (Lipinski definition) is 2. The van der Waals surface area contributed by atoms with E-state index < -0.39 is 6.04 Å². The molecule has 34 heavy (non-hydrogen) atoms. The van der Waals surface area contributed by atoms with Gasteiger partial charge in [0.1, 0.15) is 24.1 Å². The first-order valence-electron chi connectivity index (χ1n) is 11.8. The van der Waals surface area contributed by atoms with Crippen LogP contribution in [0.25, 0.3) is 10.8 Å². The van der Waals surface area contributed by atoms with E-state index >= 15 is 0 Å². The normalized spacial score (nSPS) is 19.9. The van der Waals surface area contributed by atoms with E-state index in [0.29, 0.717) is 30.6 Å². The fourth-order valence-electron chi connectivity index (χ4n) is 4.69. The molecule has 5 rings (SSSR count). The summed E-state index contributed by atoms with van der Waals surface area (Å²) in [5.74, 6) is 0.101. The number of carbonyl (C=O) groups excluding carboxylic acids is 2. The van der Waals surface area contributed by atoms with E-state index in [1.807, 2.05) is 36.4 Å². The minimum absolute atomic E-state index is 0.0484. The van der Waals surface area contributed by atoms with Gasteiger partial charge in [-0.25, -0.2) is 0 Å². The zero-order valence-electron chi connectivity index (χ0n) is 18.9. The summed E-state index contributed by atoms with van der Waals surface area (Å²) in [6.07, 6.45) is 3.54. The number of phenols is 1. The Morgan fingerprint density at radius 1 is 1.03 bits per heavy atom. The Hall–Kier alpha value is -3.58. The second-order valence-electron chi connectivity index (χ2n) is 8.80. The van der Waals surface area contributed by atoms with Gasteiger partial charge in [-0.05, 0) is 61.4 Å². The second-order valence-corrected chi connectivity index (χ2v) is 8.80. The van der Waals surface area contributed by atoms with Crippen LogP contribution in [0, 0.1) is 0 Å². The average Bonchev–Trinajstić information content (AvgIpc) is 3.56. The fraction of sp³-hybridized carbons (Fsp3) is 0.333. The molecule has 0 spiro atoms. The Kier molecular flexibility index (Phi) is 6.36. The molecule has 2 heterocycles. The Bertz CT molecular complexity index is 1190. The number of rotatable bonds is 6. The highest BCUT2D eigenvalue weighted by molar-refractivity contribution is 6.06. The largest absolute Gasteiger partial charge is 0.506 e. The van der Waals surface area contributed by atoms with E-state index in [0.717, 1.165) is 37.0 Å². The first kappa shape index (κ1) is 22.2. The van der Waals surface area contributed by atoms with Crippen molar-refractivity contribution in [2.24, 2.45) is 0 Å². The summed E-state index contributed by atoms with van der Waals surface area (Å²) in [6.45, 7) is 1.78. The lowest BCUT2D eigenvalue weighted by atomic mass is 10.0. The molecule has 2 amide bonds. The smallest absolute Gasteiger partial charge is 0.258 e.